The number of nitriles is 1. The largest absolute Gasteiger partial charge is 0.464 e. The Hall–Kier alpha value is -2.66. The van der Waals surface area contributed by atoms with Gasteiger partial charge in [-0.15, -0.1) is 0 Å². The molecule has 0 saturated heterocycles. The summed E-state index contributed by atoms with van der Waals surface area (Å²) in [6.45, 7) is 2.80. The van der Waals surface area contributed by atoms with E-state index in [1.54, 1.807) is 6.07 Å². The smallest absolute Gasteiger partial charge is 0.320 e. The highest BCUT2D eigenvalue weighted by atomic mass is 79.9. The lowest BCUT2D eigenvalue weighted by Gasteiger charge is -2.07. The summed E-state index contributed by atoms with van der Waals surface area (Å²) in [7, 11) is 0. The Morgan fingerprint density at radius 2 is 2.17 bits per heavy atom. The van der Waals surface area contributed by atoms with Crippen LogP contribution in [0.2, 0.25) is 0 Å². The molecule has 2 N–H and O–H groups in total. The van der Waals surface area contributed by atoms with Crippen LogP contribution < -0.4 is 10.5 Å². The molecule has 0 aliphatic heterocycles. The molecule has 2 aromatic heterocycles. The fourth-order valence-corrected chi connectivity index (χ4v) is 2.70. The van der Waals surface area contributed by atoms with Gasteiger partial charge in [0.15, 0.2) is 21.7 Å². The summed E-state index contributed by atoms with van der Waals surface area (Å²) in [6, 6.07) is 9.72. The Bertz CT molecular complexity index is 914. The maximum atomic E-state index is 9.01. The van der Waals surface area contributed by atoms with Crippen LogP contribution in [0.15, 0.2) is 29.0 Å². The molecule has 23 heavy (non-hydrogen) atoms. The van der Waals surface area contributed by atoms with Gasteiger partial charge in [-0.3, -0.25) is 4.57 Å². The summed E-state index contributed by atoms with van der Waals surface area (Å²) in [5.41, 5.74) is 8.59. The van der Waals surface area contributed by atoms with E-state index in [0.29, 0.717) is 34.6 Å². The van der Waals surface area contributed by atoms with Gasteiger partial charge in [0.05, 0.1) is 24.8 Å². The number of rotatable bonds is 4. The first-order valence-electron chi connectivity index (χ1n) is 6.93. The SMILES string of the molecule is CCOc1nc(N)c2nc(Br)n(Cc3cccc(C#N)c3)c2n1. The molecule has 0 amide bonds. The minimum absolute atomic E-state index is 0.219. The number of hydrogen-bond acceptors (Lipinski definition) is 6. The molecule has 8 heteroatoms. The van der Waals surface area contributed by atoms with E-state index in [0.717, 1.165) is 5.56 Å². The van der Waals surface area contributed by atoms with Gasteiger partial charge in [-0.25, -0.2) is 4.98 Å². The fraction of sp³-hybridized carbons (Fsp3) is 0.200. The minimum Gasteiger partial charge on any atom is -0.464 e. The molecule has 1 aromatic carbocycles. The van der Waals surface area contributed by atoms with Crippen LogP contribution in [0.25, 0.3) is 11.2 Å². The lowest BCUT2D eigenvalue weighted by molar-refractivity contribution is 0.314. The van der Waals surface area contributed by atoms with E-state index < -0.39 is 0 Å². The van der Waals surface area contributed by atoms with Gasteiger partial charge in [0, 0.05) is 0 Å². The lowest BCUT2D eigenvalue weighted by atomic mass is 10.1. The third kappa shape index (κ3) is 2.96. The van der Waals surface area contributed by atoms with Gasteiger partial charge in [0.2, 0.25) is 0 Å². The van der Waals surface area contributed by atoms with Crippen molar-refractivity contribution in [2.75, 3.05) is 12.3 Å². The van der Waals surface area contributed by atoms with E-state index in [2.05, 4.69) is 37.0 Å². The van der Waals surface area contributed by atoms with Crippen LogP contribution >= 0.6 is 15.9 Å². The van der Waals surface area contributed by atoms with Crippen molar-refractivity contribution < 1.29 is 4.74 Å². The predicted octanol–water partition coefficient (Wildman–Crippen LogP) is 2.49. The van der Waals surface area contributed by atoms with Crippen LogP contribution in [-0.2, 0) is 6.54 Å². The Kier molecular flexibility index (Phi) is 4.12. The second-order valence-electron chi connectivity index (χ2n) is 4.78. The van der Waals surface area contributed by atoms with Crippen molar-refractivity contribution >= 4 is 32.9 Å². The summed E-state index contributed by atoms with van der Waals surface area (Å²) in [5.74, 6) is 0.267. The first-order chi connectivity index (χ1) is 11.1. The summed E-state index contributed by atoms with van der Waals surface area (Å²) >= 11 is 3.42. The van der Waals surface area contributed by atoms with Crippen molar-refractivity contribution in [2.45, 2.75) is 13.5 Å². The molecule has 0 saturated carbocycles. The number of hydrogen-bond donors (Lipinski definition) is 1. The molecule has 0 bridgehead atoms. The van der Waals surface area contributed by atoms with Crippen LogP contribution in [0, 0.1) is 11.3 Å². The number of imidazole rings is 1. The number of fused-ring (bicyclic) bond motifs is 1. The topological polar surface area (TPSA) is 103 Å². The molecule has 7 nitrogen and oxygen atoms in total. The van der Waals surface area contributed by atoms with Gasteiger partial charge in [0.25, 0.3) is 0 Å². The van der Waals surface area contributed by atoms with E-state index in [4.69, 9.17) is 15.7 Å². The van der Waals surface area contributed by atoms with Crippen molar-refractivity contribution in [1.82, 2.24) is 19.5 Å². The van der Waals surface area contributed by atoms with Gasteiger partial charge in [-0.1, -0.05) is 12.1 Å². The Labute approximate surface area is 140 Å². The average Bonchev–Trinajstić information content (AvgIpc) is 2.85. The van der Waals surface area contributed by atoms with Crippen LogP contribution in [0.5, 0.6) is 6.01 Å². The van der Waals surface area contributed by atoms with Crippen LogP contribution in [0.4, 0.5) is 5.82 Å². The molecule has 3 aromatic rings. The van der Waals surface area contributed by atoms with Crippen molar-refractivity contribution in [3.8, 4) is 12.1 Å². The lowest BCUT2D eigenvalue weighted by Crippen LogP contribution is -2.05. The molecule has 0 atom stereocenters. The maximum absolute atomic E-state index is 9.01. The molecule has 0 aliphatic carbocycles. The minimum atomic E-state index is 0.219. The zero-order chi connectivity index (χ0) is 16.4. The van der Waals surface area contributed by atoms with E-state index in [9.17, 15) is 0 Å². The number of nitrogens with zero attached hydrogens (tertiary/aromatic N) is 5. The number of nitrogen functional groups attached to an aromatic ring is 1. The standard InChI is InChI=1S/C15H13BrN6O/c1-2-23-15-20-12(18)11-13(21-15)22(14(16)19-11)8-10-5-3-4-9(6-10)7-17/h3-6H,2,8H2,1H3,(H2,18,20,21). The highest BCUT2D eigenvalue weighted by Crippen LogP contribution is 2.25. The third-order valence-electron chi connectivity index (χ3n) is 3.22. The molecular weight excluding hydrogens is 360 g/mol. The van der Waals surface area contributed by atoms with E-state index in [1.807, 2.05) is 29.7 Å². The van der Waals surface area contributed by atoms with Gasteiger partial charge in [-0.05, 0) is 40.5 Å². The second kappa shape index (κ2) is 6.22. The Morgan fingerprint density at radius 3 is 2.91 bits per heavy atom. The number of halogens is 1. The van der Waals surface area contributed by atoms with Crippen molar-refractivity contribution in [2.24, 2.45) is 0 Å². The molecule has 0 unspecified atom stereocenters. The van der Waals surface area contributed by atoms with Crippen LogP contribution in [0.3, 0.4) is 0 Å². The highest BCUT2D eigenvalue weighted by molar-refractivity contribution is 9.10. The van der Waals surface area contributed by atoms with E-state index >= 15 is 0 Å². The van der Waals surface area contributed by atoms with Gasteiger partial charge in [0.1, 0.15) is 0 Å². The zero-order valence-corrected chi connectivity index (χ0v) is 13.9. The van der Waals surface area contributed by atoms with Crippen molar-refractivity contribution in [3.63, 3.8) is 0 Å². The summed E-state index contributed by atoms with van der Waals surface area (Å²) in [6.07, 6.45) is 0. The fourth-order valence-electron chi connectivity index (χ4n) is 2.23. The second-order valence-corrected chi connectivity index (χ2v) is 5.49. The van der Waals surface area contributed by atoms with Gasteiger partial charge in [-0.2, -0.15) is 15.2 Å². The van der Waals surface area contributed by atoms with Gasteiger partial charge < -0.3 is 10.5 Å². The molecular formula is C15H13BrN6O. The molecule has 3 rings (SSSR count). The monoisotopic (exact) mass is 372 g/mol. The van der Waals surface area contributed by atoms with Gasteiger partial charge >= 0.3 is 6.01 Å². The Morgan fingerprint density at radius 1 is 1.35 bits per heavy atom. The highest BCUT2D eigenvalue weighted by Gasteiger charge is 2.16. The van der Waals surface area contributed by atoms with Crippen LogP contribution in [0.1, 0.15) is 18.1 Å². The number of aromatic nitrogens is 4. The average molecular weight is 373 g/mol. The summed E-state index contributed by atoms with van der Waals surface area (Å²) < 4.78 is 7.79. The number of nitrogens with two attached hydrogens (primary N) is 1. The zero-order valence-electron chi connectivity index (χ0n) is 12.3. The normalized spacial score (nSPS) is 10.7. The number of benzene rings is 1. The summed E-state index contributed by atoms with van der Waals surface area (Å²) in [4.78, 5) is 12.8. The Balaban J connectivity index is 2.09. The molecule has 0 radical (unpaired) electrons. The number of anilines is 1. The molecule has 2 heterocycles. The van der Waals surface area contributed by atoms with Crippen molar-refractivity contribution in [1.29, 1.82) is 5.26 Å². The maximum Gasteiger partial charge on any atom is 0.320 e. The quantitative estimate of drug-likeness (QED) is 0.705. The predicted molar refractivity (Wildman–Crippen MR) is 88.9 cm³/mol. The first kappa shape index (κ1) is 15.2. The van der Waals surface area contributed by atoms with Crippen LogP contribution in [-0.4, -0.2) is 26.1 Å². The van der Waals surface area contributed by atoms with E-state index in [1.165, 1.54) is 0 Å². The molecule has 0 spiro atoms. The molecule has 0 aliphatic rings. The molecule has 0 fully saturated rings. The number of ether oxygens (including phenoxy) is 1. The van der Waals surface area contributed by atoms with Crippen molar-refractivity contribution in [3.05, 3.63) is 40.1 Å². The summed E-state index contributed by atoms with van der Waals surface area (Å²) in [5, 5.41) is 9.01. The third-order valence-corrected chi connectivity index (χ3v) is 3.83. The first-order valence-corrected chi connectivity index (χ1v) is 7.72. The molecule has 116 valence electrons. The van der Waals surface area contributed by atoms with E-state index in [-0.39, 0.29) is 11.8 Å².